The first-order chi connectivity index (χ1) is 8.26. The number of nitrogens with two attached hydrogens (primary N) is 1. The molecule has 4 nitrogen and oxygen atoms in total. The Morgan fingerprint density at radius 3 is 3.00 bits per heavy atom. The topological polar surface area (TPSA) is 47.7 Å². The van der Waals surface area contributed by atoms with Crippen LogP contribution in [0.2, 0.25) is 0 Å². The van der Waals surface area contributed by atoms with E-state index in [1.54, 1.807) is 0 Å². The maximum Gasteiger partial charge on any atom is 0.140 e. The molecule has 17 heavy (non-hydrogen) atoms. The van der Waals surface area contributed by atoms with E-state index in [0.717, 1.165) is 44.1 Å². The summed E-state index contributed by atoms with van der Waals surface area (Å²) in [6, 6.07) is 0.374. The largest absolute Gasteiger partial charge is 0.489 e. The van der Waals surface area contributed by atoms with Crippen LogP contribution in [0.15, 0.2) is 23.2 Å². The number of rotatable bonds is 3. The molecule has 2 aliphatic rings. The van der Waals surface area contributed by atoms with Gasteiger partial charge in [0.05, 0.1) is 25.0 Å². The molecule has 1 fully saturated rings. The van der Waals surface area contributed by atoms with Gasteiger partial charge in [-0.15, -0.1) is 0 Å². The van der Waals surface area contributed by atoms with E-state index in [4.69, 9.17) is 15.2 Å². The predicted octanol–water partition coefficient (Wildman–Crippen LogP) is 1.59. The first-order valence-electron chi connectivity index (χ1n) is 6.42. The Morgan fingerprint density at radius 1 is 1.47 bits per heavy atom. The molecule has 0 bridgehead atoms. The highest BCUT2D eigenvalue weighted by molar-refractivity contribution is 5.25. The third-order valence-electron chi connectivity index (χ3n) is 3.35. The maximum atomic E-state index is 5.89. The van der Waals surface area contributed by atoms with Crippen LogP contribution in [0.5, 0.6) is 0 Å². The van der Waals surface area contributed by atoms with Crippen molar-refractivity contribution in [1.29, 1.82) is 0 Å². The van der Waals surface area contributed by atoms with Crippen molar-refractivity contribution in [2.75, 3.05) is 26.4 Å². The second kappa shape index (κ2) is 5.45. The zero-order chi connectivity index (χ0) is 12.3. The monoisotopic (exact) mass is 238 g/mol. The maximum absolute atomic E-state index is 5.89. The van der Waals surface area contributed by atoms with E-state index in [1.807, 2.05) is 6.08 Å². The van der Waals surface area contributed by atoms with Gasteiger partial charge >= 0.3 is 0 Å². The van der Waals surface area contributed by atoms with Gasteiger partial charge in [0.1, 0.15) is 12.4 Å². The van der Waals surface area contributed by atoms with E-state index in [9.17, 15) is 0 Å². The first-order valence-corrected chi connectivity index (χ1v) is 6.42. The zero-order valence-corrected chi connectivity index (χ0v) is 10.7. The fraction of sp³-hybridized carbons (Fsp3) is 0.692. The van der Waals surface area contributed by atoms with Crippen LogP contribution in [0, 0.1) is 0 Å². The molecule has 4 heteroatoms. The molecule has 0 aromatic carbocycles. The normalized spacial score (nSPS) is 25.6. The summed E-state index contributed by atoms with van der Waals surface area (Å²) in [6.07, 6.45) is 3.81. The second-order valence-corrected chi connectivity index (χ2v) is 4.47. The highest BCUT2D eigenvalue weighted by atomic mass is 16.5. The summed E-state index contributed by atoms with van der Waals surface area (Å²) in [4.78, 5) is 2.42. The smallest absolute Gasteiger partial charge is 0.140 e. The number of allylic oxidation sites excluding steroid dienone is 3. The lowest BCUT2D eigenvalue weighted by atomic mass is 10.1. The molecule has 2 heterocycles. The Balaban J connectivity index is 2.25. The molecule has 1 unspecified atom stereocenters. The lowest BCUT2D eigenvalue weighted by molar-refractivity contribution is -0.0361. The molecule has 1 atom stereocenters. The van der Waals surface area contributed by atoms with E-state index in [2.05, 4.69) is 18.7 Å². The first kappa shape index (κ1) is 12.3. The third-order valence-corrected chi connectivity index (χ3v) is 3.35. The van der Waals surface area contributed by atoms with Gasteiger partial charge in [0.15, 0.2) is 0 Å². The molecule has 96 valence electrons. The Labute approximate surface area is 103 Å². The Kier molecular flexibility index (Phi) is 3.94. The lowest BCUT2D eigenvalue weighted by Crippen LogP contribution is -2.49. The molecule has 1 saturated heterocycles. The van der Waals surface area contributed by atoms with Crippen LogP contribution in [-0.2, 0) is 9.47 Å². The van der Waals surface area contributed by atoms with E-state index in [0.29, 0.717) is 12.6 Å². The van der Waals surface area contributed by atoms with Gasteiger partial charge in [0.25, 0.3) is 0 Å². The van der Waals surface area contributed by atoms with Crippen molar-refractivity contribution in [3.8, 4) is 0 Å². The number of morpholine rings is 1. The van der Waals surface area contributed by atoms with Gasteiger partial charge in [-0.25, -0.2) is 0 Å². The van der Waals surface area contributed by atoms with Gasteiger partial charge in [-0.2, -0.15) is 0 Å². The van der Waals surface area contributed by atoms with Crippen LogP contribution in [0.1, 0.15) is 26.7 Å². The van der Waals surface area contributed by atoms with E-state index >= 15 is 0 Å². The number of hydrogen-bond donors (Lipinski definition) is 1. The van der Waals surface area contributed by atoms with Crippen molar-refractivity contribution in [2.45, 2.75) is 32.7 Å². The summed E-state index contributed by atoms with van der Waals surface area (Å²) in [5, 5.41) is 0. The van der Waals surface area contributed by atoms with Gasteiger partial charge in [-0.1, -0.05) is 13.8 Å². The summed E-state index contributed by atoms with van der Waals surface area (Å²) in [5.74, 6) is 0.949. The molecule has 2 rings (SSSR count). The van der Waals surface area contributed by atoms with Crippen LogP contribution in [-0.4, -0.2) is 37.3 Å². The van der Waals surface area contributed by atoms with Gasteiger partial charge in [-0.05, 0) is 12.8 Å². The van der Waals surface area contributed by atoms with Crippen molar-refractivity contribution >= 4 is 0 Å². The Hall–Kier alpha value is -1.16. The van der Waals surface area contributed by atoms with Gasteiger partial charge in [-0.3, -0.25) is 0 Å². The van der Waals surface area contributed by atoms with Crippen LogP contribution in [0.25, 0.3) is 0 Å². The molecule has 0 aromatic rings. The molecular weight excluding hydrogens is 216 g/mol. The minimum atomic E-state index is 0.374. The minimum absolute atomic E-state index is 0.374. The molecule has 0 aromatic heterocycles. The van der Waals surface area contributed by atoms with Crippen LogP contribution in [0.4, 0.5) is 0 Å². The quantitative estimate of drug-likeness (QED) is 0.811. The average Bonchev–Trinajstić information content (AvgIpc) is 2.38. The highest BCUT2D eigenvalue weighted by Gasteiger charge is 2.30. The number of nitrogens with zero attached hydrogens (tertiary/aromatic N) is 1. The Bertz CT molecular complexity index is 336. The predicted molar refractivity (Wildman–Crippen MR) is 67.1 cm³/mol. The van der Waals surface area contributed by atoms with Gasteiger partial charge in [0, 0.05) is 18.3 Å². The molecule has 0 radical (unpaired) electrons. The molecule has 0 amide bonds. The summed E-state index contributed by atoms with van der Waals surface area (Å²) in [7, 11) is 0. The SMILES string of the molecule is CCC1=C(/C=C(/N)CC)OCC2COCCN12. The van der Waals surface area contributed by atoms with Crippen LogP contribution in [0.3, 0.4) is 0 Å². The lowest BCUT2D eigenvalue weighted by Gasteiger charge is -2.42. The van der Waals surface area contributed by atoms with E-state index in [1.165, 1.54) is 5.70 Å². The van der Waals surface area contributed by atoms with Crippen LogP contribution < -0.4 is 5.73 Å². The summed E-state index contributed by atoms with van der Waals surface area (Å²) in [5.41, 5.74) is 8.03. The molecule has 2 N–H and O–H groups in total. The van der Waals surface area contributed by atoms with Crippen molar-refractivity contribution < 1.29 is 9.47 Å². The molecule has 0 aliphatic carbocycles. The van der Waals surface area contributed by atoms with Crippen molar-refractivity contribution in [1.82, 2.24) is 4.90 Å². The van der Waals surface area contributed by atoms with E-state index in [-0.39, 0.29) is 0 Å². The molecule has 2 aliphatic heterocycles. The van der Waals surface area contributed by atoms with Crippen LogP contribution >= 0.6 is 0 Å². The fourth-order valence-electron chi connectivity index (χ4n) is 2.33. The number of hydrogen-bond acceptors (Lipinski definition) is 4. The van der Waals surface area contributed by atoms with Crippen molar-refractivity contribution in [2.24, 2.45) is 5.73 Å². The van der Waals surface area contributed by atoms with Crippen molar-refractivity contribution in [3.63, 3.8) is 0 Å². The standard InChI is InChI=1S/C13H22N2O2/c1-3-10(14)7-13-12(4-2)15-5-6-16-8-11(15)9-17-13/h7,11H,3-6,8-9,14H2,1-2H3/b10-7+. The summed E-state index contributed by atoms with van der Waals surface area (Å²) < 4.78 is 11.3. The number of fused-ring (bicyclic) bond motifs is 1. The molecule has 0 saturated carbocycles. The zero-order valence-electron chi connectivity index (χ0n) is 10.7. The molecule has 0 spiro atoms. The van der Waals surface area contributed by atoms with Crippen molar-refractivity contribution in [3.05, 3.63) is 23.2 Å². The number of ether oxygens (including phenoxy) is 2. The van der Waals surface area contributed by atoms with Gasteiger partial charge < -0.3 is 20.1 Å². The fourth-order valence-corrected chi connectivity index (χ4v) is 2.33. The minimum Gasteiger partial charge on any atom is -0.489 e. The molecular formula is C13H22N2O2. The average molecular weight is 238 g/mol. The summed E-state index contributed by atoms with van der Waals surface area (Å²) in [6.45, 7) is 7.45. The Morgan fingerprint density at radius 2 is 2.29 bits per heavy atom. The second-order valence-electron chi connectivity index (χ2n) is 4.47. The van der Waals surface area contributed by atoms with Gasteiger partial charge in [0.2, 0.25) is 0 Å². The third kappa shape index (κ3) is 2.57. The van der Waals surface area contributed by atoms with E-state index < -0.39 is 0 Å². The highest BCUT2D eigenvalue weighted by Crippen LogP contribution is 2.27. The summed E-state index contributed by atoms with van der Waals surface area (Å²) >= 11 is 0.